The lowest BCUT2D eigenvalue weighted by atomic mass is 10.1. The zero-order valence-corrected chi connectivity index (χ0v) is 21.2. The van der Waals surface area contributed by atoms with Gasteiger partial charge in [0, 0.05) is 38.9 Å². The minimum atomic E-state index is 0. The summed E-state index contributed by atoms with van der Waals surface area (Å²) in [5.41, 5.74) is 2.30. The van der Waals surface area contributed by atoms with E-state index in [1.54, 1.807) is 14.2 Å². The van der Waals surface area contributed by atoms with Crippen LogP contribution < -0.4 is 25.0 Å². The first-order valence-corrected chi connectivity index (χ1v) is 10.6. The molecule has 31 heavy (non-hydrogen) atoms. The van der Waals surface area contributed by atoms with E-state index in [-0.39, 0.29) is 24.0 Å². The number of nitrogens with zero attached hydrogens (tertiary/aromatic N) is 3. The minimum Gasteiger partial charge on any atom is -0.493 e. The fraction of sp³-hybridized carbons (Fsp3) is 0.478. The number of methoxy groups -OCH3 is 1. The second-order valence-electron chi connectivity index (χ2n) is 7.44. The van der Waals surface area contributed by atoms with Crippen LogP contribution in [-0.4, -0.2) is 50.8 Å². The van der Waals surface area contributed by atoms with Crippen molar-refractivity contribution in [1.29, 1.82) is 0 Å². The first-order valence-electron chi connectivity index (χ1n) is 10.6. The number of aliphatic imine (C=N–C) groups is 1. The number of aryl methyl sites for hydroxylation is 1. The van der Waals surface area contributed by atoms with Gasteiger partial charge in [0.2, 0.25) is 0 Å². The smallest absolute Gasteiger partial charge is 0.191 e. The first kappa shape index (κ1) is 25.0. The maximum Gasteiger partial charge on any atom is 0.191 e. The summed E-state index contributed by atoms with van der Waals surface area (Å²) < 4.78 is 11.0. The highest BCUT2D eigenvalue weighted by atomic mass is 127. The Morgan fingerprint density at radius 1 is 1.19 bits per heavy atom. The van der Waals surface area contributed by atoms with Crippen molar-refractivity contribution >= 4 is 35.8 Å². The van der Waals surface area contributed by atoms with Crippen LogP contribution in [0.3, 0.4) is 0 Å². The molecule has 0 atom stereocenters. The Hall–Kier alpha value is -2.23. The summed E-state index contributed by atoms with van der Waals surface area (Å²) in [6.45, 7) is 7.27. The number of anilines is 1. The molecule has 1 aliphatic rings. The SMILES string of the molecule is CCOc1cc(CNC(=NC)NC2CCN(c3ccc(C)cn3)CC2)ccc1OC.I. The van der Waals surface area contributed by atoms with Crippen LogP contribution in [0, 0.1) is 6.92 Å². The molecule has 0 spiro atoms. The van der Waals surface area contributed by atoms with Gasteiger partial charge in [-0.3, -0.25) is 4.99 Å². The summed E-state index contributed by atoms with van der Waals surface area (Å²) in [6, 6.07) is 10.6. The van der Waals surface area contributed by atoms with Crippen LogP contribution >= 0.6 is 24.0 Å². The number of hydrogen-bond acceptors (Lipinski definition) is 5. The van der Waals surface area contributed by atoms with Gasteiger partial charge >= 0.3 is 0 Å². The van der Waals surface area contributed by atoms with Gasteiger partial charge in [-0.05, 0) is 56.0 Å². The number of pyridine rings is 1. The number of nitrogens with one attached hydrogen (secondary N) is 2. The number of ether oxygens (including phenoxy) is 2. The zero-order chi connectivity index (χ0) is 21.3. The average molecular weight is 539 g/mol. The molecule has 2 aromatic rings. The number of guanidine groups is 1. The first-order chi connectivity index (χ1) is 14.6. The Labute approximate surface area is 202 Å². The van der Waals surface area contributed by atoms with Crippen molar-refractivity contribution in [1.82, 2.24) is 15.6 Å². The minimum absolute atomic E-state index is 0. The number of piperidine rings is 1. The third kappa shape index (κ3) is 7.15. The third-order valence-electron chi connectivity index (χ3n) is 5.27. The molecule has 0 bridgehead atoms. The molecule has 2 heterocycles. The molecule has 1 aromatic carbocycles. The maximum atomic E-state index is 5.67. The van der Waals surface area contributed by atoms with Gasteiger partial charge in [-0.2, -0.15) is 0 Å². The van der Waals surface area contributed by atoms with Crippen molar-refractivity contribution in [3.63, 3.8) is 0 Å². The Morgan fingerprint density at radius 3 is 2.58 bits per heavy atom. The molecule has 0 unspecified atom stereocenters. The van der Waals surface area contributed by atoms with E-state index in [1.807, 2.05) is 31.3 Å². The lowest BCUT2D eigenvalue weighted by Gasteiger charge is -2.33. The van der Waals surface area contributed by atoms with Crippen LogP contribution in [0.2, 0.25) is 0 Å². The summed E-state index contributed by atoms with van der Waals surface area (Å²) in [4.78, 5) is 11.3. The predicted octanol–water partition coefficient (Wildman–Crippen LogP) is 3.75. The summed E-state index contributed by atoms with van der Waals surface area (Å²) in [7, 11) is 3.46. The Kier molecular flexibility index (Phi) is 10.2. The normalized spacial score (nSPS) is 14.6. The molecule has 1 fully saturated rings. The fourth-order valence-electron chi connectivity index (χ4n) is 3.57. The van der Waals surface area contributed by atoms with Crippen molar-refractivity contribution in [3.8, 4) is 11.5 Å². The highest BCUT2D eigenvalue weighted by molar-refractivity contribution is 14.0. The molecule has 0 amide bonds. The standard InChI is InChI=1S/C23H33N5O2.HI/c1-5-30-21-14-18(7-8-20(21)29-4)16-26-23(24-3)27-19-10-12-28(13-11-19)22-9-6-17(2)15-25-22;/h6-9,14-15,19H,5,10-13,16H2,1-4H3,(H2,24,26,27);1H. The lowest BCUT2D eigenvalue weighted by Crippen LogP contribution is -2.48. The quantitative estimate of drug-likeness (QED) is 0.318. The molecule has 170 valence electrons. The Balaban J connectivity index is 0.00000341. The third-order valence-corrected chi connectivity index (χ3v) is 5.27. The number of aromatic nitrogens is 1. The molecule has 0 radical (unpaired) electrons. The number of rotatable bonds is 7. The van der Waals surface area contributed by atoms with Gasteiger partial charge in [-0.1, -0.05) is 12.1 Å². The summed E-state index contributed by atoms with van der Waals surface area (Å²) >= 11 is 0. The molecule has 0 aliphatic carbocycles. The molecule has 2 N–H and O–H groups in total. The maximum absolute atomic E-state index is 5.67. The molecule has 1 aromatic heterocycles. The average Bonchev–Trinajstić information content (AvgIpc) is 2.78. The largest absolute Gasteiger partial charge is 0.493 e. The Morgan fingerprint density at radius 2 is 1.97 bits per heavy atom. The predicted molar refractivity (Wildman–Crippen MR) is 137 cm³/mol. The van der Waals surface area contributed by atoms with E-state index in [9.17, 15) is 0 Å². The second-order valence-corrected chi connectivity index (χ2v) is 7.44. The van der Waals surface area contributed by atoms with E-state index in [2.05, 4.69) is 44.6 Å². The highest BCUT2D eigenvalue weighted by Gasteiger charge is 2.20. The van der Waals surface area contributed by atoms with Crippen LogP contribution in [0.1, 0.15) is 30.9 Å². The van der Waals surface area contributed by atoms with Crippen molar-refractivity contribution in [2.75, 3.05) is 38.8 Å². The van der Waals surface area contributed by atoms with Crippen LogP contribution in [0.15, 0.2) is 41.5 Å². The number of halogens is 1. The molecule has 7 nitrogen and oxygen atoms in total. The topological polar surface area (TPSA) is 71.0 Å². The van der Waals surface area contributed by atoms with E-state index < -0.39 is 0 Å². The van der Waals surface area contributed by atoms with Crippen LogP contribution in [0.5, 0.6) is 11.5 Å². The van der Waals surface area contributed by atoms with Gasteiger partial charge < -0.3 is 25.0 Å². The lowest BCUT2D eigenvalue weighted by molar-refractivity contribution is 0.310. The monoisotopic (exact) mass is 539 g/mol. The van der Waals surface area contributed by atoms with Gasteiger partial charge in [-0.25, -0.2) is 4.98 Å². The zero-order valence-electron chi connectivity index (χ0n) is 18.9. The van der Waals surface area contributed by atoms with Crippen molar-refractivity contribution in [2.24, 2.45) is 4.99 Å². The number of benzene rings is 1. The molecule has 8 heteroatoms. The number of hydrogen-bond donors (Lipinski definition) is 2. The van der Waals surface area contributed by atoms with E-state index >= 15 is 0 Å². The van der Waals surface area contributed by atoms with E-state index in [0.29, 0.717) is 19.2 Å². The molecule has 1 aliphatic heterocycles. The summed E-state index contributed by atoms with van der Waals surface area (Å²) in [5, 5.41) is 6.96. The molecular weight excluding hydrogens is 505 g/mol. The van der Waals surface area contributed by atoms with Gasteiger partial charge in [0.15, 0.2) is 17.5 Å². The van der Waals surface area contributed by atoms with E-state index in [1.165, 1.54) is 5.56 Å². The van der Waals surface area contributed by atoms with E-state index in [0.717, 1.165) is 54.8 Å². The van der Waals surface area contributed by atoms with Gasteiger partial charge in [0.1, 0.15) is 5.82 Å². The van der Waals surface area contributed by atoms with Crippen molar-refractivity contribution < 1.29 is 9.47 Å². The molecule has 3 rings (SSSR count). The fourth-order valence-corrected chi connectivity index (χ4v) is 3.57. The highest BCUT2D eigenvalue weighted by Crippen LogP contribution is 2.28. The second kappa shape index (κ2) is 12.6. The van der Waals surface area contributed by atoms with Crippen molar-refractivity contribution in [3.05, 3.63) is 47.7 Å². The van der Waals surface area contributed by atoms with Gasteiger partial charge in [0.05, 0.1) is 13.7 Å². The Bertz CT molecular complexity index is 836. The van der Waals surface area contributed by atoms with E-state index in [4.69, 9.17) is 9.47 Å². The van der Waals surface area contributed by atoms with Gasteiger partial charge in [-0.15, -0.1) is 24.0 Å². The summed E-state index contributed by atoms with van der Waals surface area (Å²) in [5.74, 6) is 3.39. The summed E-state index contributed by atoms with van der Waals surface area (Å²) in [6.07, 6.45) is 4.03. The van der Waals surface area contributed by atoms with Crippen molar-refractivity contribution in [2.45, 2.75) is 39.3 Å². The van der Waals surface area contributed by atoms with Crippen LogP contribution in [0.4, 0.5) is 5.82 Å². The molecule has 0 saturated carbocycles. The van der Waals surface area contributed by atoms with Crippen LogP contribution in [0.25, 0.3) is 0 Å². The molecular formula is C23H34IN5O2. The van der Waals surface area contributed by atoms with Crippen LogP contribution in [-0.2, 0) is 6.54 Å². The van der Waals surface area contributed by atoms with Gasteiger partial charge in [0.25, 0.3) is 0 Å². The molecule has 1 saturated heterocycles.